The highest BCUT2D eigenvalue weighted by atomic mass is 16.6. The van der Waals surface area contributed by atoms with Crippen molar-refractivity contribution in [3.8, 4) is 0 Å². The minimum atomic E-state index is 0.217. The monoisotopic (exact) mass is 180 g/mol. The van der Waals surface area contributed by atoms with E-state index in [1.165, 1.54) is 5.57 Å². The van der Waals surface area contributed by atoms with Gasteiger partial charge in [0.25, 0.3) is 0 Å². The van der Waals surface area contributed by atoms with Crippen molar-refractivity contribution in [3.63, 3.8) is 0 Å². The van der Waals surface area contributed by atoms with Gasteiger partial charge in [-0.05, 0) is 31.3 Å². The first-order valence-corrected chi connectivity index (χ1v) is 4.93. The summed E-state index contributed by atoms with van der Waals surface area (Å²) in [5.41, 5.74) is 1.45. The van der Waals surface area contributed by atoms with Gasteiger partial charge in [-0.25, -0.2) is 0 Å². The van der Waals surface area contributed by atoms with Crippen LogP contribution in [0.3, 0.4) is 0 Å². The number of ketones is 1. The molecule has 1 fully saturated rings. The highest BCUT2D eigenvalue weighted by Crippen LogP contribution is 2.42. The number of hydrogen-bond acceptors (Lipinski definition) is 2. The minimum Gasteiger partial charge on any atom is -0.373 e. The van der Waals surface area contributed by atoms with Crippen molar-refractivity contribution in [3.05, 3.63) is 11.6 Å². The second-order valence-corrected chi connectivity index (χ2v) is 4.51. The van der Waals surface area contributed by atoms with Gasteiger partial charge in [-0.3, -0.25) is 4.79 Å². The second-order valence-electron chi connectivity index (χ2n) is 4.51. The Hall–Kier alpha value is -0.630. The summed E-state index contributed by atoms with van der Waals surface area (Å²) in [7, 11) is 0. The Morgan fingerprint density at radius 3 is 2.92 bits per heavy atom. The van der Waals surface area contributed by atoms with E-state index in [0.29, 0.717) is 12.5 Å². The molecule has 1 aliphatic heterocycles. The Morgan fingerprint density at radius 2 is 2.38 bits per heavy atom. The van der Waals surface area contributed by atoms with E-state index in [9.17, 15) is 4.79 Å². The van der Waals surface area contributed by atoms with E-state index in [-0.39, 0.29) is 11.2 Å². The van der Waals surface area contributed by atoms with Crippen LogP contribution in [-0.2, 0) is 9.53 Å². The fraction of sp³-hybridized carbons (Fsp3) is 0.727. The van der Waals surface area contributed by atoms with E-state index in [1.807, 2.05) is 6.08 Å². The van der Waals surface area contributed by atoms with Gasteiger partial charge >= 0.3 is 0 Å². The van der Waals surface area contributed by atoms with E-state index >= 15 is 0 Å². The summed E-state index contributed by atoms with van der Waals surface area (Å²) < 4.78 is 5.24. The van der Waals surface area contributed by atoms with Crippen molar-refractivity contribution in [2.75, 3.05) is 6.61 Å². The Bertz CT molecular complexity index is 263. The molecule has 0 aromatic heterocycles. The SMILES string of the molecule is CC1=CC(=O)CCC1(C)CC1CO1. The van der Waals surface area contributed by atoms with Gasteiger partial charge < -0.3 is 4.74 Å². The molecule has 1 heterocycles. The molecule has 0 radical (unpaired) electrons. The zero-order valence-corrected chi connectivity index (χ0v) is 8.30. The lowest BCUT2D eigenvalue weighted by molar-refractivity contribution is -0.115. The lowest BCUT2D eigenvalue weighted by Crippen LogP contribution is -2.25. The molecule has 0 aromatic rings. The third-order valence-corrected chi connectivity index (χ3v) is 3.33. The molecule has 0 N–H and O–H groups in total. The molecule has 0 amide bonds. The van der Waals surface area contributed by atoms with Crippen LogP contribution >= 0.6 is 0 Å². The summed E-state index contributed by atoms with van der Waals surface area (Å²) in [6.45, 7) is 5.23. The molecule has 2 unspecified atom stereocenters. The van der Waals surface area contributed by atoms with Gasteiger partial charge in [-0.2, -0.15) is 0 Å². The average molecular weight is 180 g/mol. The zero-order chi connectivity index (χ0) is 9.47. The van der Waals surface area contributed by atoms with Gasteiger partial charge in [0.2, 0.25) is 0 Å². The molecule has 1 aliphatic carbocycles. The predicted molar refractivity (Wildman–Crippen MR) is 50.5 cm³/mol. The van der Waals surface area contributed by atoms with Gasteiger partial charge in [-0.15, -0.1) is 0 Å². The second kappa shape index (κ2) is 2.95. The largest absolute Gasteiger partial charge is 0.373 e. The van der Waals surface area contributed by atoms with Crippen LogP contribution in [0.15, 0.2) is 11.6 Å². The summed E-state index contributed by atoms with van der Waals surface area (Å²) in [6.07, 6.45) is 5.06. The van der Waals surface area contributed by atoms with E-state index in [1.54, 1.807) is 0 Å². The molecule has 13 heavy (non-hydrogen) atoms. The molecule has 2 aliphatic rings. The van der Waals surface area contributed by atoms with E-state index in [0.717, 1.165) is 19.4 Å². The Balaban J connectivity index is 2.11. The van der Waals surface area contributed by atoms with Crippen LogP contribution in [0.25, 0.3) is 0 Å². The Kier molecular flexibility index (Phi) is 2.03. The molecule has 2 nitrogen and oxygen atoms in total. The maximum absolute atomic E-state index is 11.2. The van der Waals surface area contributed by atoms with Crippen molar-refractivity contribution < 1.29 is 9.53 Å². The number of ether oxygens (including phenoxy) is 1. The highest BCUT2D eigenvalue weighted by molar-refractivity contribution is 5.91. The van der Waals surface area contributed by atoms with E-state index in [4.69, 9.17) is 4.74 Å². The minimum absolute atomic E-state index is 0.217. The highest BCUT2D eigenvalue weighted by Gasteiger charge is 2.37. The quantitative estimate of drug-likeness (QED) is 0.609. The summed E-state index contributed by atoms with van der Waals surface area (Å²) in [5, 5.41) is 0. The maximum Gasteiger partial charge on any atom is 0.155 e. The molecule has 2 heteroatoms. The van der Waals surface area contributed by atoms with Crippen LogP contribution < -0.4 is 0 Å². The van der Waals surface area contributed by atoms with Crippen LogP contribution in [0, 0.1) is 5.41 Å². The van der Waals surface area contributed by atoms with Gasteiger partial charge in [0.15, 0.2) is 5.78 Å². The number of carbonyl (C=O) groups is 1. The van der Waals surface area contributed by atoms with Gasteiger partial charge in [0, 0.05) is 6.42 Å². The molecular weight excluding hydrogens is 164 g/mol. The molecule has 0 aromatic carbocycles. The number of epoxide rings is 1. The molecular formula is C11H16O2. The summed E-state index contributed by atoms with van der Waals surface area (Å²) in [6, 6.07) is 0. The predicted octanol–water partition coefficient (Wildman–Crippen LogP) is 2.09. The first kappa shape index (κ1) is 8.95. The van der Waals surface area contributed by atoms with E-state index in [2.05, 4.69) is 13.8 Å². The van der Waals surface area contributed by atoms with Crippen LogP contribution in [0.4, 0.5) is 0 Å². The molecule has 72 valence electrons. The van der Waals surface area contributed by atoms with Gasteiger partial charge in [0.1, 0.15) is 0 Å². The van der Waals surface area contributed by atoms with Crippen molar-refractivity contribution in [2.45, 2.75) is 39.2 Å². The lowest BCUT2D eigenvalue weighted by Gasteiger charge is -2.32. The van der Waals surface area contributed by atoms with Gasteiger partial charge in [0.05, 0.1) is 12.7 Å². The lowest BCUT2D eigenvalue weighted by atomic mass is 9.71. The summed E-state index contributed by atoms with van der Waals surface area (Å²) in [5.74, 6) is 0.284. The summed E-state index contributed by atoms with van der Waals surface area (Å²) in [4.78, 5) is 11.2. The molecule has 0 spiro atoms. The third kappa shape index (κ3) is 1.83. The molecule has 2 rings (SSSR count). The standard InChI is InChI=1S/C11H16O2/c1-8-5-9(12)3-4-11(8,2)6-10-7-13-10/h5,10H,3-4,6-7H2,1-2H3. The van der Waals surface area contributed by atoms with Crippen LogP contribution in [0.2, 0.25) is 0 Å². The van der Waals surface area contributed by atoms with Crippen molar-refractivity contribution in [2.24, 2.45) is 5.41 Å². The fourth-order valence-electron chi connectivity index (χ4n) is 2.04. The van der Waals surface area contributed by atoms with Crippen molar-refractivity contribution in [1.82, 2.24) is 0 Å². The van der Waals surface area contributed by atoms with Crippen LogP contribution in [0.1, 0.15) is 33.1 Å². The van der Waals surface area contributed by atoms with Gasteiger partial charge in [-0.1, -0.05) is 12.5 Å². The maximum atomic E-state index is 11.2. The van der Waals surface area contributed by atoms with Crippen molar-refractivity contribution >= 4 is 5.78 Å². The Morgan fingerprint density at radius 1 is 1.69 bits per heavy atom. The number of allylic oxidation sites excluding steroid dienone is 2. The van der Waals surface area contributed by atoms with Crippen LogP contribution in [0.5, 0.6) is 0 Å². The Labute approximate surface area is 79.0 Å². The van der Waals surface area contributed by atoms with Crippen LogP contribution in [-0.4, -0.2) is 18.5 Å². The number of hydrogen-bond donors (Lipinski definition) is 0. The summed E-state index contributed by atoms with van der Waals surface area (Å²) >= 11 is 0. The molecule has 0 bridgehead atoms. The van der Waals surface area contributed by atoms with Crippen molar-refractivity contribution in [1.29, 1.82) is 0 Å². The fourth-order valence-corrected chi connectivity index (χ4v) is 2.04. The third-order valence-electron chi connectivity index (χ3n) is 3.33. The first-order chi connectivity index (χ1) is 6.10. The molecule has 1 saturated heterocycles. The van der Waals surface area contributed by atoms with E-state index < -0.39 is 0 Å². The number of carbonyl (C=O) groups excluding carboxylic acids is 1. The normalized spacial score (nSPS) is 38.8. The zero-order valence-electron chi connectivity index (χ0n) is 8.30. The molecule has 0 saturated carbocycles. The average Bonchev–Trinajstić information content (AvgIpc) is 2.82. The topological polar surface area (TPSA) is 29.6 Å². The molecule has 2 atom stereocenters. The first-order valence-electron chi connectivity index (χ1n) is 4.93. The smallest absolute Gasteiger partial charge is 0.155 e. The number of rotatable bonds is 2.